The number of aromatic nitrogens is 8. The Kier molecular flexibility index (Phi) is 10.8. The van der Waals surface area contributed by atoms with Gasteiger partial charge in [0.15, 0.2) is 11.6 Å². The first-order valence-electron chi connectivity index (χ1n) is 21.6. The van der Waals surface area contributed by atoms with Crippen LogP contribution < -0.4 is 0 Å². The van der Waals surface area contributed by atoms with E-state index in [1.54, 1.807) is 0 Å². The molecule has 0 saturated carbocycles. The van der Waals surface area contributed by atoms with Crippen molar-refractivity contribution in [1.82, 2.24) is 39.9 Å². The molecular weight excluding hydrogens is 809 g/mol. The SMILES string of the molecule is c1ccc(-c2cnc(-c3cc(-c4ncc(-c5ccccc5)cn4)c(-c4cc(-c5ccccn5)cc(-c5ccccn5)c4)cc3-c3cc(-c4ccccn4)cc(-c4ccccn4)c3)nc2)cc1. The van der Waals surface area contributed by atoms with Gasteiger partial charge in [-0.1, -0.05) is 84.9 Å². The number of benzene rings is 5. The van der Waals surface area contributed by atoms with Crippen LogP contribution in [0.1, 0.15) is 0 Å². The molecule has 0 radical (unpaired) electrons. The molecule has 6 heterocycles. The van der Waals surface area contributed by atoms with E-state index in [0.29, 0.717) is 11.6 Å². The summed E-state index contributed by atoms with van der Waals surface area (Å²) in [5.74, 6) is 1.11. The van der Waals surface area contributed by atoms with Gasteiger partial charge in [-0.25, -0.2) is 19.9 Å². The van der Waals surface area contributed by atoms with Gasteiger partial charge in [0.2, 0.25) is 0 Å². The minimum Gasteiger partial charge on any atom is -0.256 e. The third-order valence-corrected chi connectivity index (χ3v) is 11.5. The van der Waals surface area contributed by atoms with Crippen molar-refractivity contribution in [2.45, 2.75) is 0 Å². The molecule has 5 aromatic carbocycles. The molecule has 0 fully saturated rings. The fraction of sp³-hybridized carbons (Fsp3) is 0. The Morgan fingerprint density at radius 2 is 0.485 bits per heavy atom. The molecule has 0 aliphatic rings. The van der Waals surface area contributed by atoms with Crippen LogP contribution in [0, 0.1) is 0 Å². The van der Waals surface area contributed by atoms with Crippen molar-refractivity contribution in [3.8, 4) is 112 Å². The molecule has 0 saturated heterocycles. The first kappa shape index (κ1) is 39.7. The molecule has 11 rings (SSSR count). The van der Waals surface area contributed by atoms with Gasteiger partial charge in [-0.2, -0.15) is 0 Å². The second-order valence-electron chi connectivity index (χ2n) is 15.7. The van der Waals surface area contributed by atoms with Gasteiger partial charge in [-0.15, -0.1) is 0 Å². The highest BCUT2D eigenvalue weighted by Gasteiger charge is 2.22. The zero-order chi connectivity index (χ0) is 44.1. The first-order valence-corrected chi connectivity index (χ1v) is 21.6. The van der Waals surface area contributed by atoms with Gasteiger partial charge in [0.25, 0.3) is 0 Å². The van der Waals surface area contributed by atoms with Crippen LogP contribution in [-0.4, -0.2) is 39.9 Å². The summed E-state index contributed by atoms with van der Waals surface area (Å²) in [5, 5.41) is 0. The maximum Gasteiger partial charge on any atom is 0.159 e. The summed E-state index contributed by atoms with van der Waals surface area (Å²) in [5.41, 5.74) is 16.3. The highest BCUT2D eigenvalue weighted by Crippen LogP contribution is 2.44. The molecule has 310 valence electrons. The lowest BCUT2D eigenvalue weighted by Gasteiger charge is -2.19. The lowest BCUT2D eigenvalue weighted by Crippen LogP contribution is -1.99. The Hall–Kier alpha value is -9.14. The maximum atomic E-state index is 5.08. The fourth-order valence-electron chi connectivity index (χ4n) is 8.23. The van der Waals surface area contributed by atoms with E-state index in [2.05, 4.69) is 72.8 Å². The molecule has 0 N–H and O–H groups in total. The molecule has 6 aromatic heterocycles. The highest BCUT2D eigenvalue weighted by atomic mass is 14.9. The molecule has 0 unspecified atom stereocenters. The predicted molar refractivity (Wildman–Crippen MR) is 263 cm³/mol. The molecule has 8 heteroatoms. The van der Waals surface area contributed by atoms with Crippen molar-refractivity contribution in [3.05, 3.63) is 232 Å². The van der Waals surface area contributed by atoms with Gasteiger partial charge < -0.3 is 0 Å². The van der Waals surface area contributed by atoms with Crippen LogP contribution in [0.15, 0.2) is 232 Å². The van der Waals surface area contributed by atoms with Crippen LogP contribution in [0.5, 0.6) is 0 Å². The lowest BCUT2D eigenvalue weighted by atomic mass is 9.86. The molecule has 0 amide bonds. The Labute approximate surface area is 382 Å². The Morgan fingerprint density at radius 1 is 0.197 bits per heavy atom. The maximum absolute atomic E-state index is 5.08. The van der Waals surface area contributed by atoms with Gasteiger partial charge in [0, 0.05) is 94.1 Å². The first-order chi connectivity index (χ1) is 32.7. The molecule has 66 heavy (non-hydrogen) atoms. The van der Waals surface area contributed by atoms with Crippen LogP contribution in [0.3, 0.4) is 0 Å². The number of hydrogen-bond acceptors (Lipinski definition) is 8. The average molecular weight is 847 g/mol. The van der Waals surface area contributed by atoms with Gasteiger partial charge in [-0.3, -0.25) is 19.9 Å². The minimum absolute atomic E-state index is 0.553. The van der Waals surface area contributed by atoms with E-state index in [1.807, 2.05) is 159 Å². The van der Waals surface area contributed by atoms with E-state index in [1.165, 1.54) is 0 Å². The normalized spacial score (nSPS) is 11.0. The zero-order valence-corrected chi connectivity index (χ0v) is 35.5. The van der Waals surface area contributed by atoms with Crippen LogP contribution in [-0.2, 0) is 0 Å². The molecular formula is C58H38N8. The van der Waals surface area contributed by atoms with Crippen LogP contribution in [0.25, 0.3) is 112 Å². The van der Waals surface area contributed by atoms with E-state index >= 15 is 0 Å². The molecule has 0 aliphatic heterocycles. The zero-order valence-electron chi connectivity index (χ0n) is 35.5. The van der Waals surface area contributed by atoms with E-state index in [4.69, 9.17) is 39.9 Å². The fourth-order valence-corrected chi connectivity index (χ4v) is 8.23. The monoisotopic (exact) mass is 846 g/mol. The average Bonchev–Trinajstić information content (AvgIpc) is 3.42. The summed E-state index contributed by atoms with van der Waals surface area (Å²) < 4.78 is 0. The highest BCUT2D eigenvalue weighted by molar-refractivity contribution is 5.96. The summed E-state index contributed by atoms with van der Waals surface area (Å²) in [4.78, 5) is 39.5. The molecule has 0 bridgehead atoms. The van der Waals surface area contributed by atoms with E-state index in [-0.39, 0.29) is 0 Å². The number of pyridine rings is 4. The third kappa shape index (κ3) is 8.25. The van der Waals surface area contributed by atoms with E-state index in [0.717, 1.165) is 101 Å². The van der Waals surface area contributed by atoms with Crippen molar-refractivity contribution < 1.29 is 0 Å². The summed E-state index contributed by atoms with van der Waals surface area (Å²) in [6, 6.07) is 61.6. The molecule has 0 aliphatic carbocycles. The van der Waals surface area contributed by atoms with Crippen molar-refractivity contribution in [2.75, 3.05) is 0 Å². The topological polar surface area (TPSA) is 103 Å². The van der Waals surface area contributed by atoms with Crippen LogP contribution in [0.4, 0.5) is 0 Å². The summed E-state index contributed by atoms with van der Waals surface area (Å²) in [6.07, 6.45) is 14.8. The van der Waals surface area contributed by atoms with Gasteiger partial charge in [-0.05, 0) is 130 Å². The van der Waals surface area contributed by atoms with Gasteiger partial charge >= 0.3 is 0 Å². The third-order valence-electron chi connectivity index (χ3n) is 11.5. The predicted octanol–water partition coefficient (Wildman–Crippen LogP) is 13.5. The standard InChI is InChI=1S/C58H38N8/c1-3-15-39(16-4-1)47-35-63-57(64-36-47)51-34-52(58-65-37-48(38-66-58)40-17-5-2-6-18-40)50(42-29-45(55-21-9-13-25-61-55)32-46(30-42)56-22-10-14-26-62-56)33-49(51)41-27-43(53-19-7-11-23-59-53)31-44(28-41)54-20-8-12-24-60-54/h1-38H. The van der Waals surface area contributed by atoms with Gasteiger partial charge in [0.05, 0.1) is 22.8 Å². The van der Waals surface area contributed by atoms with Crippen molar-refractivity contribution in [3.63, 3.8) is 0 Å². The van der Waals surface area contributed by atoms with Crippen molar-refractivity contribution in [2.24, 2.45) is 0 Å². The van der Waals surface area contributed by atoms with E-state index < -0.39 is 0 Å². The van der Waals surface area contributed by atoms with E-state index in [9.17, 15) is 0 Å². The largest absolute Gasteiger partial charge is 0.256 e. The number of rotatable bonds is 10. The molecule has 0 spiro atoms. The van der Waals surface area contributed by atoms with Crippen LogP contribution in [0.2, 0.25) is 0 Å². The Morgan fingerprint density at radius 3 is 0.788 bits per heavy atom. The van der Waals surface area contributed by atoms with Crippen molar-refractivity contribution >= 4 is 0 Å². The smallest absolute Gasteiger partial charge is 0.159 e. The van der Waals surface area contributed by atoms with Crippen LogP contribution >= 0.6 is 0 Å². The number of nitrogens with zero attached hydrogens (tertiary/aromatic N) is 8. The molecule has 8 nitrogen and oxygen atoms in total. The number of hydrogen-bond donors (Lipinski definition) is 0. The summed E-state index contributed by atoms with van der Waals surface area (Å²) in [7, 11) is 0. The van der Waals surface area contributed by atoms with Gasteiger partial charge in [0.1, 0.15) is 0 Å². The van der Waals surface area contributed by atoms with Crippen molar-refractivity contribution in [1.29, 1.82) is 0 Å². The second kappa shape index (κ2) is 17.9. The Balaban J connectivity index is 1.21. The quantitative estimate of drug-likeness (QED) is 0.134. The Bertz CT molecular complexity index is 3070. The second-order valence-corrected chi connectivity index (χ2v) is 15.7. The summed E-state index contributed by atoms with van der Waals surface area (Å²) in [6.45, 7) is 0. The lowest BCUT2D eigenvalue weighted by molar-refractivity contribution is 1.17. The molecule has 11 aromatic rings. The summed E-state index contributed by atoms with van der Waals surface area (Å²) >= 11 is 0. The molecule has 0 atom stereocenters. The minimum atomic E-state index is 0.553.